The largest absolute Gasteiger partial charge is 0.338 e. The SMILES string of the molecule is Cc1cc(C)cc(-c2nc3ccc(S(C)(=O)=O)cc3[nH]2)c1. The summed E-state index contributed by atoms with van der Waals surface area (Å²) in [6, 6.07) is 11.2. The summed E-state index contributed by atoms with van der Waals surface area (Å²) in [5, 5.41) is 0. The topological polar surface area (TPSA) is 62.8 Å². The maximum atomic E-state index is 11.6. The number of aromatic amines is 1. The number of nitrogens with zero attached hydrogens (tertiary/aromatic N) is 1. The third kappa shape index (κ3) is 2.69. The molecule has 0 spiro atoms. The number of benzene rings is 2. The number of aryl methyl sites for hydroxylation is 2. The molecule has 4 nitrogen and oxygen atoms in total. The molecule has 0 aliphatic heterocycles. The Balaban J connectivity index is 2.17. The summed E-state index contributed by atoms with van der Waals surface area (Å²) in [4.78, 5) is 8.04. The van der Waals surface area contributed by atoms with Gasteiger partial charge in [0.15, 0.2) is 9.84 Å². The molecular weight excluding hydrogens is 284 g/mol. The van der Waals surface area contributed by atoms with Crippen LogP contribution >= 0.6 is 0 Å². The Morgan fingerprint density at radius 1 is 1.00 bits per heavy atom. The number of sulfone groups is 1. The van der Waals surface area contributed by atoms with Crippen molar-refractivity contribution < 1.29 is 8.42 Å². The summed E-state index contributed by atoms with van der Waals surface area (Å²) in [7, 11) is -3.21. The van der Waals surface area contributed by atoms with Crippen LogP contribution in [0.25, 0.3) is 22.4 Å². The lowest BCUT2D eigenvalue weighted by Crippen LogP contribution is -1.96. The lowest BCUT2D eigenvalue weighted by atomic mass is 10.1. The number of rotatable bonds is 2. The molecule has 21 heavy (non-hydrogen) atoms. The predicted molar refractivity (Wildman–Crippen MR) is 84.1 cm³/mol. The van der Waals surface area contributed by atoms with Gasteiger partial charge in [0.1, 0.15) is 5.82 Å². The standard InChI is InChI=1S/C16H16N2O2S/c1-10-6-11(2)8-12(7-10)16-17-14-5-4-13(21(3,19)20)9-15(14)18-16/h4-9H,1-3H3,(H,17,18). The highest BCUT2D eigenvalue weighted by molar-refractivity contribution is 7.90. The number of nitrogens with one attached hydrogen (secondary N) is 1. The van der Waals surface area contributed by atoms with Crippen LogP contribution in [0.2, 0.25) is 0 Å². The second kappa shape index (κ2) is 4.70. The molecular formula is C16H16N2O2S. The molecule has 0 fully saturated rings. The summed E-state index contributed by atoms with van der Waals surface area (Å²) in [6.45, 7) is 4.09. The summed E-state index contributed by atoms with van der Waals surface area (Å²) in [5.41, 5.74) is 4.83. The maximum absolute atomic E-state index is 11.6. The molecule has 3 aromatic rings. The van der Waals surface area contributed by atoms with Gasteiger partial charge in [0.25, 0.3) is 0 Å². The van der Waals surface area contributed by atoms with Crippen molar-refractivity contribution in [3.05, 3.63) is 47.5 Å². The fourth-order valence-electron chi connectivity index (χ4n) is 2.47. The van der Waals surface area contributed by atoms with Gasteiger partial charge >= 0.3 is 0 Å². The van der Waals surface area contributed by atoms with Gasteiger partial charge in [-0.15, -0.1) is 0 Å². The van der Waals surface area contributed by atoms with Crippen molar-refractivity contribution >= 4 is 20.9 Å². The van der Waals surface area contributed by atoms with E-state index in [-0.39, 0.29) is 0 Å². The van der Waals surface area contributed by atoms with Gasteiger partial charge < -0.3 is 4.98 Å². The minimum Gasteiger partial charge on any atom is -0.338 e. The number of fused-ring (bicyclic) bond motifs is 1. The van der Waals surface area contributed by atoms with Gasteiger partial charge in [-0.05, 0) is 44.2 Å². The molecule has 0 atom stereocenters. The monoisotopic (exact) mass is 300 g/mol. The van der Waals surface area contributed by atoms with Crippen molar-refractivity contribution in [3.8, 4) is 11.4 Å². The summed E-state index contributed by atoms with van der Waals surface area (Å²) < 4.78 is 23.2. The molecule has 0 saturated carbocycles. The van der Waals surface area contributed by atoms with Crippen LogP contribution in [-0.2, 0) is 9.84 Å². The van der Waals surface area contributed by atoms with E-state index < -0.39 is 9.84 Å². The van der Waals surface area contributed by atoms with Gasteiger partial charge in [0.2, 0.25) is 0 Å². The number of aromatic nitrogens is 2. The fourth-order valence-corrected chi connectivity index (χ4v) is 3.11. The zero-order valence-corrected chi connectivity index (χ0v) is 13.0. The van der Waals surface area contributed by atoms with Crippen LogP contribution in [0.3, 0.4) is 0 Å². The molecule has 108 valence electrons. The molecule has 1 aromatic heterocycles. The lowest BCUT2D eigenvalue weighted by molar-refractivity contribution is 0.602. The molecule has 1 heterocycles. The van der Waals surface area contributed by atoms with Crippen LogP contribution in [0.4, 0.5) is 0 Å². The van der Waals surface area contributed by atoms with Crippen molar-refractivity contribution in [3.63, 3.8) is 0 Å². The smallest absolute Gasteiger partial charge is 0.175 e. The highest BCUT2D eigenvalue weighted by atomic mass is 32.2. The van der Waals surface area contributed by atoms with E-state index in [0.717, 1.165) is 22.4 Å². The highest BCUT2D eigenvalue weighted by Gasteiger charge is 2.11. The number of imidazole rings is 1. The Morgan fingerprint density at radius 2 is 1.67 bits per heavy atom. The van der Waals surface area contributed by atoms with Gasteiger partial charge in [-0.2, -0.15) is 0 Å². The fraction of sp³-hybridized carbons (Fsp3) is 0.188. The third-order valence-corrected chi connectivity index (χ3v) is 4.49. The first-order chi connectivity index (χ1) is 9.83. The van der Waals surface area contributed by atoms with E-state index in [9.17, 15) is 8.42 Å². The van der Waals surface area contributed by atoms with E-state index >= 15 is 0 Å². The summed E-state index contributed by atoms with van der Waals surface area (Å²) in [6.07, 6.45) is 1.20. The van der Waals surface area contributed by atoms with E-state index in [1.54, 1.807) is 18.2 Å². The number of H-pyrrole nitrogens is 1. The van der Waals surface area contributed by atoms with Crippen molar-refractivity contribution in [1.82, 2.24) is 9.97 Å². The van der Waals surface area contributed by atoms with Crippen LogP contribution in [0.1, 0.15) is 11.1 Å². The Bertz CT molecular complexity index is 920. The summed E-state index contributed by atoms with van der Waals surface area (Å²) >= 11 is 0. The Labute approximate surface area is 123 Å². The molecule has 0 saturated heterocycles. The second-order valence-corrected chi connectivity index (χ2v) is 7.43. The molecule has 0 aliphatic rings. The van der Waals surface area contributed by atoms with Gasteiger partial charge in [-0.1, -0.05) is 17.2 Å². The molecule has 0 radical (unpaired) electrons. The van der Waals surface area contributed by atoms with Crippen molar-refractivity contribution in [1.29, 1.82) is 0 Å². The van der Waals surface area contributed by atoms with E-state index in [1.165, 1.54) is 17.4 Å². The second-order valence-electron chi connectivity index (χ2n) is 5.41. The molecule has 1 N–H and O–H groups in total. The van der Waals surface area contributed by atoms with Gasteiger partial charge in [0.05, 0.1) is 15.9 Å². The van der Waals surface area contributed by atoms with E-state index in [1.807, 2.05) is 13.8 Å². The molecule has 2 aromatic carbocycles. The molecule has 0 bridgehead atoms. The molecule has 3 rings (SSSR count). The van der Waals surface area contributed by atoms with Crippen LogP contribution in [0, 0.1) is 13.8 Å². The normalized spacial score (nSPS) is 12.0. The highest BCUT2D eigenvalue weighted by Crippen LogP contribution is 2.24. The third-order valence-electron chi connectivity index (χ3n) is 3.38. The average Bonchev–Trinajstić information content (AvgIpc) is 2.79. The summed E-state index contributed by atoms with van der Waals surface area (Å²) in [5.74, 6) is 0.752. The Kier molecular flexibility index (Phi) is 3.10. The Hall–Kier alpha value is -2.14. The van der Waals surface area contributed by atoms with Crippen LogP contribution in [-0.4, -0.2) is 24.6 Å². The minimum absolute atomic E-state index is 0.297. The Morgan fingerprint density at radius 3 is 2.29 bits per heavy atom. The van der Waals surface area contributed by atoms with Gasteiger partial charge in [-0.25, -0.2) is 13.4 Å². The molecule has 0 amide bonds. The van der Waals surface area contributed by atoms with Crippen LogP contribution < -0.4 is 0 Å². The van der Waals surface area contributed by atoms with E-state index in [2.05, 4.69) is 28.2 Å². The van der Waals surface area contributed by atoms with E-state index in [0.29, 0.717) is 4.90 Å². The van der Waals surface area contributed by atoms with Crippen molar-refractivity contribution in [2.45, 2.75) is 18.7 Å². The lowest BCUT2D eigenvalue weighted by Gasteiger charge is -2.01. The number of hydrogen-bond donors (Lipinski definition) is 1. The van der Waals surface area contributed by atoms with E-state index in [4.69, 9.17) is 0 Å². The number of hydrogen-bond acceptors (Lipinski definition) is 3. The van der Waals surface area contributed by atoms with Gasteiger partial charge in [-0.3, -0.25) is 0 Å². The predicted octanol–water partition coefficient (Wildman–Crippen LogP) is 3.25. The quantitative estimate of drug-likeness (QED) is 0.790. The van der Waals surface area contributed by atoms with Crippen molar-refractivity contribution in [2.24, 2.45) is 0 Å². The first-order valence-corrected chi connectivity index (χ1v) is 8.50. The first-order valence-electron chi connectivity index (χ1n) is 6.61. The van der Waals surface area contributed by atoms with Crippen molar-refractivity contribution in [2.75, 3.05) is 6.26 Å². The van der Waals surface area contributed by atoms with Gasteiger partial charge in [0, 0.05) is 11.8 Å². The zero-order chi connectivity index (χ0) is 15.2. The maximum Gasteiger partial charge on any atom is 0.175 e. The minimum atomic E-state index is -3.21. The molecule has 0 aliphatic carbocycles. The zero-order valence-electron chi connectivity index (χ0n) is 12.1. The first kappa shape index (κ1) is 13.8. The molecule has 5 heteroatoms. The average molecular weight is 300 g/mol. The molecule has 0 unspecified atom stereocenters. The van der Waals surface area contributed by atoms with Crippen LogP contribution in [0.5, 0.6) is 0 Å². The van der Waals surface area contributed by atoms with Crippen LogP contribution in [0.15, 0.2) is 41.3 Å².